The van der Waals surface area contributed by atoms with Gasteiger partial charge in [-0.25, -0.2) is 0 Å². The van der Waals surface area contributed by atoms with E-state index in [9.17, 15) is 0 Å². The molecule has 0 bridgehead atoms. The second-order valence-corrected chi connectivity index (χ2v) is 12.6. The van der Waals surface area contributed by atoms with Crippen molar-refractivity contribution >= 4 is 8.32 Å². The number of hydrogen-bond acceptors (Lipinski definition) is 2. The Bertz CT molecular complexity index is 437. The fraction of sp³-hybridized carbons (Fsp3) is 0.700. The zero-order valence-electron chi connectivity index (χ0n) is 15.6. The molecular formula is C20H35NOSi. The summed E-state index contributed by atoms with van der Waals surface area (Å²) < 4.78 is 6.52. The molecule has 0 amide bonds. The first-order chi connectivity index (χ1) is 10.9. The lowest BCUT2D eigenvalue weighted by atomic mass is 9.94. The highest BCUT2D eigenvalue weighted by Crippen LogP contribution is 2.23. The summed E-state index contributed by atoms with van der Waals surface area (Å²) in [6, 6.07) is 11.6. The van der Waals surface area contributed by atoms with Crippen LogP contribution < -0.4 is 0 Å². The molecule has 1 aliphatic carbocycles. The molecule has 2 rings (SSSR count). The molecule has 1 aliphatic rings. The maximum Gasteiger partial charge on any atom is 0.184 e. The molecule has 0 N–H and O–H groups in total. The lowest BCUT2D eigenvalue weighted by Gasteiger charge is -2.35. The van der Waals surface area contributed by atoms with E-state index in [1.807, 2.05) is 0 Å². The largest absolute Gasteiger partial charge is 0.413 e. The molecular weight excluding hydrogens is 298 g/mol. The maximum absolute atomic E-state index is 6.52. The highest BCUT2D eigenvalue weighted by Gasteiger charge is 2.25. The second kappa shape index (κ2) is 9.00. The Morgan fingerprint density at radius 2 is 1.74 bits per heavy atom. The molecule has 0 aromatic heterocycles. The first-order valence-corrected chi connectivity index (χ1v) is 12.8. The van der Waals surface area contributed by atoms with Gasteiger partial charge in [-0.2, -0.15) is 0 Å². The Balaban J connectivity index is 1.90. The third kappa shape index (κ3) is 7.19. The average Bonchev–Trinajstić information content (AvgIpc) is 2.53. The zero-order chi connectivity index (χ0) is 16.7. The molecule has 1 saturated carbocycles. The number of benzene rings is 1. The van der Waals surface area contributed by atoms with Crippen LogP contribution in [0, 0.1) is 0 Å². The van der Waals surface area contributed by atoms with Gasteiger partial charge < -0.3 is 9.33 Å². The van der Waals surface area contributed by atoms with Crippen molar-refractivity contribution in [2.75, 3.05) is 13.6 Å². The van der Waals surface area contributed by atoms with Gasteiger partial charge >= 0.3 is 0 Å². The summed E-state index contributed by atoms with van der Waals surface area (Å²) in [5, 5.41) is 0. The molecule has 0 heterocycles. The number of likely N-dealkylation sites (N-methyl/N-ethyl adjacent to an activating group) is 1. The van der Waals surface area contributed by atoms with Gasteiger partial charge in [-0.3, -0.25) is 0 Å². The Morgan fingerprint density at radius 3 is 2.35 bits per heavy atom. The predicted octanol–water partition coefficient (Wildman–Crippen LogP) is 5.10. The van der Waals surface area contributed by atoms with E-state index in [0.29, 0.717) is 6.10 Å². The monoisotopic (exact) mass is 333 g/mol. The van der Waals surface area contributed by atoms with Gasteiger partial charge in [-0.1, -0.05) is 49.6 Å². The van der Waals surface area contributed by atoms with Crippen LogP contribution in [0.1, 0.15) is 44.1 Å². The minimum absolute atomic E-state index is 0.369. The first-order valence-electron chi connectivity index (χ1n) is 9.36. The molecule has 1 aromatic rings. The van der Waals surface area contributed by atoms with Crippen LogP contribution in [0.25, 0.3) is 0 Å². The molecule has 0 saturated heterocycles. The summed E-state index contributed by atoms with van der Waals surface area (Å²) in [4.78, 5) is 2.58. The molecule has 1 aromatic carbocycles. The topological polar surface area (TPSA) is 12.5 Å². The zero-order valence-corrected chi connectivity index (χ0v) is 16.6. The van der Waals surface area contributed by atoms with Gasteiger partial charge in [0.1, 0.15) is 0 Å². The molecule has 130 valence electrons. The van der Waals surface area contributed by atoms with Crippen molar-refractivity contribution in [3.63, 3.8) is 0 Å². The molecule has 3 heteroatoms. The fourth-order valence-corrected chi connectivity index (χ4v) is 4.84. The molecule has 23 heavy (non-hydrogen) atoms. The van der Waals surface area contributed by atoms with E-state index >= 15 is 0 Å². The number of aryl methyl sites for hydroxylation is 1. The van der Waals surface area contributed by atoms with E-state index in [1.165, 1.54) is 37.7 Å². The standard InChI is InChI=1S/C20H35NOSi/c1-21(19-13-9-6-10-14-19)17-20(22-23(2,3)4)16-15-18-11-7-5-8-12-18/h5,7-8,11-12,19-20H,6,9-10,13-17H2,1-4H3. The van der Waals surface area contributed by atoms with Crippen molar-refractivity contribution in [2.45, 2.75) is 76.7 Å². The Kier molecular flexibility index (Phi) is 7.32. The Morgan fingerprint density at radius 1 is 1.09 bits per heavy atom. The molecule has 2 nitrogen and oxygen atoms in total. The quantitative estimate of drug-likeness (QED) is 0.613. The van der Waals surface area contributed by atoms with Crippen LogP contribution in [0.4, 0.5) is 0 Å². The summed E-state index contributed by atoms with van der Waals surface area (Å²) in [5.74, 6) is 0. The predicted molar refractivity (Wildman–Crippen MR) is 102 cm³/mol. The number of rotatable bonds is 8. The van der Waals surface area contributed by atoms with Gasteiger partial charge in [0.05, 0.1) is 6.10 Å². The smallest absolute Gasteiger partial charge is 0.184 e. The van der Waals surface area contributed by atoms with Gasteiger partial charge in [0.15, 0.2) is 8.32 Å². The summed E-state index contributed by atoms with van der Waals surface area (Å²) in [7, 11) is 0.803. The minimum Gasteiger partial charge on any atom is -0.413 e. The van der Waals surface area contributed by atoms with Gasteiger partial charge in [0.2, 0.25) is 0 Å². The van der Waals surface area contributed by atoms with E-state index in [0.717, 1.165) is 25.4 Å². The van der Waals surface area contributed by atoms with Gasteiger partial charge in [0.25, 0.3) is 0 Å². The van der Waals surface area contributed by atoms with E-state index in [1.54, 1.807) is 0 Å². The van der Waals surface area contributed by atoms with Gasteiger partial charge in [-0.15, -0.1) is 0 Å². The van der Waals surface area contributed by atoms with E-state index in [4.69, 9.17) is 4.43 Å². The molecule has 1 atom stereocenters. The number of nitrogens with zero attached hydrogens (tertiary/aromatic N) is 1. The molecule has 0 spiro atoms. The molecule has 1 unspecified atom stereocenters. The highest BCUT2D eigenvalue weighted by molar-refractivity contribution is 6.69. The number of hydrogen-bond donors (Lipinski definition) is 0. The van der Waals surface area contributed by atoms with Crippen LogP contribution in [0.5, 0.6) is 0 Å². The summed E-state index contributed by atoms with van der Waals surface area (Å²) in [6.45, 7) is 8.01. The van der Waals surface area contributed by atoms with Crippen LogP contribution in [-0.2, 0) is 10.8 Å². The minimum atomic E-state index is -1.50. The lowest BCUT2D eigenvalue weighted by molar-refractivity contribution is 0.0972. The van der Waals surface area contributed by atoms with Crippen molar-refractivity contribution in [1.29, 1.82) is 0 Å². The van der Waals surface area contributed by atoms with E-state index in [-0.39, 0.29) is 0 Å². The maximum atomic E-state index is 6.52. The van der Waals surface area contributed by atoms with Crippen LogP contribution in [-0.4, -0.2) is 39.0 Å². The second-order valence-electron chi connectivity index (χ2n) is 8.11. The third-order valence-corrected chi connectivity index (χ3v) is 5.85. The normalized spacial score (nSPS) is 18.3. The fourth-order valence-electron chi connectivity index (χ4n) is 3.65. The summed E-state index contributed by atoms with van der Waals surface area (Å²) >= 11 is 0. The Labute approximate surface area is 144 Å². The average molecular weight is 334 g/mol. The SMILES string of the molecule is CN(CC(CCc1ccccc1)O[Si](C)(C)C)C1CCCCC1. The third-order valence-electron chi connectivity index (χ3n) is 4.81. The molecule has 0 radical (unpaired) electrons. The Hall–Kier alpha value is -0.643. The van der Waals surface area contributed by atoms with Crippen molar-refractivity contribution < 1.29 is 4.43 Å². The van der Waals surface area contributed by atoms with E-state index in [2.05, 4.69) is 61.9 Å². The summed E-state index contributed by atoms with van der Waals surface area (Å²) in [6.07, 6.45) is 9.59. The van der Waals surface area contributed by atoms with Crippen molar-refractivity contribution in [1.82, 2.24) is 4.90 Å². The van der Waals surface area contributed by atoms with Gasteiger partial charge in [-0.05, 0) is 57.9 Å². The lowest BCUT2D eigenvalue weighted by Crippen LogP contribution is -2.43. The molecule has 1 fully saturated rings. The van der Waals surface area contributed by atoms with Crippen LogP contribution in [0.3, 0.4) is 0 Å². The molecule has 0 aliphatic heterocycles. The van der Waals surface area contributed by atoms with Crippen LogP contribution in [0.15, 0.2) is 30.3 Å². The highest BCUT2D eigenvalue weighted by atomic mass is 28.4. The van der Waals surface area contributed by atoms with Crippen molar-refractivity contribution in [3.8, 4) is 0 Å². The van der Waals surface area contributed by atoms with Gasteiger partial charge in [0, 0.05) is 12.6 Å². The first kappa shape index (κ1) is 18.7. The van der Waals surface area contributed by atoms with Crippen LogP contribution >= 0.6 is 0 Å². The summed E-state index contributed by atoms with van der Waals surface area (Å²) in [5.41, 5.74) is 1.43. The van der Waals surface area contributed by atoms with Crippen molar-refractivity contribution in [3.05, 3.63) is 35.9 Å². The van der Waals surface area contributed by atoms with Crippen molar-refractivity contribution in [2.24, 2.45) is 0 Å². The van der Waals surface area contributed by atoms with Crippen LogP contribution in [0.2, 0.25) is 19.6 Å². The van der Waals surface area contributed by atoms with E-state index < -0.39 is 8.32 Å².